The summed E-state index contributed by atoms with van der Waals surface area (Å²) in [6.07, 6.45) is 3.33. The number of nitrogens with one attached hydrogen (secondary N) is 1. The van der Waals surface area contributed by atoms with Crippen LogP contribution >= 0.6 is 12.4 Å². The zero-order valence-corrected chi connectivity index (χ0v) is 14.8. The van der Waals surface area contributed by atoms with Crippen molar-refractivity contribution in [3.63, 3.8) is 0 Å². The number of aryl methyl sites for hydroxylation is 1. The van der Waals surface area contributed by atoms with Gasteiger partial charge in [-0.3, -0.25) is 4.98 Å². The number of piperazine rings is 1. The zero-order valence-electron chi connectivity index (χ0n) is 13.1. The molecule has 8 heteroatoms. The minimum Gasteiger partial charge on any atom is -0.313 e. The third kappa shape index (κ3) is 3.59. The fraction of sp³-hybridized carbons (Fsp3) is 0.312. The van der Waals surface area contributed by atoms with Gasteiger partial charge < -0.3 is 5.32 Å². The lowest BCUT2D eigenvalue weighted by molar-refractivity contribution is 0.271. The van der Waals surface area contributed by atoms with E-state index in [1.807, 2.05) is 6.07 Å². The van der Waals surface area contributed by atoms with E-state index in [4.69, 9.17) is 0 Å². The van der Waals surface area contributed by atoms with Crippen LogP contribution in [0.2, 0.25) is 0 Å². The van der Waals surface area contributed by atoms with Gasteiger partial charge in [0.15, 0.2) is 0 Å². The summed E-state index contributed by atoms with van der Waals surface area (Å²) in [6, 6.07) is 7.23. The molecule has 0 bridgehead atoms. The average Bonchev–Trinajstić information content (AvgIpc) is 2.58. The van der Waals surface area contributed by atoms with Crippen LogP contribution in [-0.4, -0.2) is 37.3 Å². The van der Waals surface area contributed by atoms with E-state index in [1.54, 1.807) is 25.4 Å². The number of hydrogen-bond donors (Lipinski definition) is 1. The van der Waals surface area contributed by atoms with Gasteiger partial charge in [-0.2, -0.15) is 4.31 Å². The second-order valence-corrected chi connectivity index (χ2v) is 7.42. The quantitative estimate of drug-likeness (QED) is 0.899. The Bertz CT molecular complexity index is 802. The predicted octanol–water partition coefficient (Wildman–Crippen LogP) is 2.29. The first-order valence-corrected chi connectivity index (χ1v) is 8.83. The second-order valence-electron chi connectivity index (χ2n) is 5.53. The summed E-state index contributed by atoms with van der Waals surface area (Å²) in [5, 5.41) is 3.21. The van der Waals surface area contributed by atoms with Crippen LogP contribution in [0.15, 0.2) is 47.6 Å². The van der Waals surface area contributed by atoms with Crippen molar-refractivity contribution in [2.45, 2.75) is 17.9 Å². The first-order chi connectivity index (χ1) is 11.0. The standard InChI is InChI=1S/C16H18FN3O2S.ClH/c1-12-9-14(4-5-15(12)17)23(21,22)20-8-7-19-11-16(20)13-3-2-6-18-10-13;/h2-6,9-10,16,19H,7-8,11H2,1H3;1H. The number of nitrogens with zero attached hydrogens (tertiary/aromatic N) is 2. The fourth-order valence-electron chi connectivity index (χ4n) is 2.74. The van der Waals surface area contributed by atoms with E-state index >= 15 is 0 Å². The number of sulfonamides is 1. The van der Waals surface area contributed by atoms with Crippen molar-refractivity contribution >= 4 is 22.4 Å². The van der Waals surface area contributed by atoms with Crippen molar-refractivity contribution in [2.24, 2.45) is 0 Å². The SMILES string of the molecule is Cc1cc(S(=O)(=O)N2CCNCC2c2cccnc2)ccc1F.Cl. The van der Waals surface area contributed by atoms with Crippen LogP contribution in [0.25, 0.3) is 0 Å². The highest BCUT2D eigenvalue weighted by Gasteiger charge is 2.34. The lowest BCUT2D eigenvalue weighted by Crippen LogP contribution is -2.48. The molecule has 1 aliphatic rings. The molecule has 1 aliphatic heterocycles. The van der Waals surface area contributed by atoms with Gasteiger partial charge in [0.2, 0.25) is 10.0 Å². The molecule has 0 spiro atoms. The highest BCUT2D eigenvalue weighted by molar-refractivity contribution is 7.89. The lowest BCUT2D eigenvalue weighted by atomic mass is 10.1. The van der Waals surface area contributed by atoms with Crippen LogP contribution in [0.5, 0.6) is 0 Å². The van der Waals surface area contributed by atoms with Gasteiger partial charge in [0.25, 0.3) is 0 Å². The molecule has 2 aromatic rings. The van der Waals surface area contributed by atoms with E-state index in [2.05, 4.69) is 10.3 Å². The van der Waals surface area contributed by atoms with Crippen molar-refractivity contribution < 1.29 is 12.8 Å². The van der Waals surface area contributed by atoms with E-state index in [9.17, 15) is 12.8 Å². The van der Waals surface area contributed by atoms with Gasteiger partial charge in [-0.1, -0.05) is 6.07 Å². The molecule has 0 aliphatic carbocycles. The zero-order chi connectivity index (χ0) is 16.4. The smallest absolute Gasteiger partial charge is 0.243 e. The van der Waals surface area contributed by atoms with Crippen LogP contribution in [-0.2, 0) is 10.0 Å². The first-order valence-electron chi connectivity index (χ1n) is 7.39. The molecule has 130 valence electrons. The third-order valence-electron chi connectivity index (χ3n) is 4.00. The molecular formula is C16H19ClFN3O2S. The van der Waals surface area contributed by atoms with E-state index in [1.165, 1.54) is 22.5 Å². The summed E-state index contributed by atoms with van der Waals surface area (Å²) in [7, 11) is -3.70. The third-order valence-corrected chi connectivity index (χ3v) is 5.90. The molecule has 1 fully saturated rings. The van der Waals surface area contributed by atoms with E-state index < -0.39 is 15.8 Å². The minimum absolute atomic E-state index is 0. The molecule has 2 heterocycles. The van der Waals surface area contributed by atoms with Crippen LogP contribution in [0.1, 0.15) is 17.2 Å². The van der Waals surface area contributed by atoms with Crippen molar-refractivity contribution in [3.05, 3.63) is 59.7 Å². The van der Waals surface area contributed by atoms with Crippen molar-refractivity contribution in [1.29, 1.82) is 0 Å². The maximum absolute atomic E-state index is 13.4. The van der Waals surface area contributed by atoms with Crippen molar-refractivity contribution in [2.75, 3.05) is 19.6 Å². The number of benzene rings is 1. The van der Waals surface area contributed by atoms with Gasteiger partial charge in [-0.15, -0.1) is 12.4 Å². The molecule has 0 saturated carbocycles. The number of aromatic nitrogens is 1. The summed E-state index contributed by atoms with van der Waals surface area (Å²) in [5.74, 6) is -0.409. The highest BCUT2D eigenvalue weighted by Crippen LogP contribution is 2.29. The summed E-state index contributed by atoms with van der Waals surface area (Å²) in [6.45, 7) is 3.02. The molecule has 1 aromatic carbocycles. The summed E-state index contributed by atoms with van der Waals surface area (Å²) >= 11 is 0. The molecule has 1 N–H and O–H groups in total. The van der Waals surface area contributed by atoms with Crippen molar-refractivity contribution in [3.8, 4) is 0 Å². The second kappa shape index (κ2) is 7.57. The largest absolute Gasteiger partial charge is 0.313 e. The fourth-order valence-corrected chi connectivity index (χ4v) is 4.44. The van der Waals surface area contributed by atoms with E-state index in [0.717, 1.165) is 5.56 Å². The summed E-state index contributed by atoms with van der Waals surface area (Å²) < 4.78 is 40.9. The molecule has 0 amide bonds. The molecule has 1 aromatic heterocycles. The molecule has 0 radical (unpaired) electrons. The highest BCUT2D eigenvalue weighted by atomic mass is 35.5. The van der Waals surface area contributed by atoms with Gasteiger partial charge >= 0.3 is 0 Å². The molecule has 1 atom stereocenters. The molecule has 5 nitrogen and oxygen atoms in total. The first kappa shape index (κ1) is 18.8. The van der Waals surface area contributed by atoms with Gasteiger partial charge in [-0.05, 0) is 42.3 Å². The van der Waals surface area contributed by atoms with Crippen molar-refractivity contribution in [1.82, 2.24) is 14.6 Å². The van der Waals surface area contributed by atoms with Crippen LogP contribution in [0, 0.1) is 12.7 Å². The van der Waals surface area contributed by atoms with E-state index in [-0.39, 0.29) is 23.3 Å². The predicted molar refractivity (Wildman–Crippen MR) is 92.1 cm³/mol. The Morgan fingerprint density at radius 1 is 1.33 bits per heavy atom. The van der Waals surface area contributed by atoms with Gasteiger partial charge in [0.05, 0.1) is 10.9 Å². The Kier molecular flexibility index (Phi) is 5.92. The number of hydrogen-bond acceptors (Lipinski definition) is 4. The van der Waals surface area contributed by atoms with Gasteiger partial charge in [0.1, 0.15) is 5.82 Å². The maximum Gasteiger partial charge on any atom is 0.243 e. The molecular weight excluding hydrogens is 353 g/mol. The lowest BCUT2D eigenvalue weighted by Gasteiger charge is -2.35. The van der Waals surface area contributed by atoms with Crippen LogP contribution < -0.4 is 5.32 Å². The molecule has 1 unspecified atom stereocenters. The van der Waals surface area contributed by atoms with E-state index in [0.29, 0.717) is 25.2 Å². The monoisotopic (exact) mass is 371 g/mol. The Morgan fingerprint density at radius 3 is 2.79 bits per heavy atom. The Morgan fingerprint density at radius 2 is 2.12 bits per heavy atom. The van der Waals surface area contributed by atoms with Crippen LogP contribution in [0.4, 0.5) is 4.39 Å². The number of halogens is 2. The van der Waals surface area contributed by atoms with Crippen LogP contribution in [0.3, 0.4) is 0 Å². The number of pyridine rings is 1. The number of rotatable bonds is 3. The Labute approximate surface area is 147 Å². The average molecular weight is 372 g/mol. The summed E-state index contributed by atoms with van der Waals surface area (Å²) in [5.41, 5.74) is 1.15. The molecule has 24 heavy (non-hydrogen) atoms. The normalized spacial score (nSPS) is 18.8. The Hall–Kier alpha value is -1.54. The molecule has 1 saturated heterocycles. The Balaban J connectivity index is 0.00000208. The topological polar surface area (TPSA) is 62.3 Å². The van der Waals surface area contributed by atoms with Gasteiger partial charge in [0, 0.05) is 32.0 Å². The minimum atomic E-state index is -3.70. The maximum atomic E-state index is 13.4. The molecule has 3 rings (SSSR count). The summed E-state index contributed by atoms with van der Waals surface area (Å²) in [4.78, 5) is 4.19. The van der Waals surface area contributed by atoms with Gasteiger partial charge in [-0.25, -0.2) is 12.8 Å².